The molecule has 0 saturated carbocycles. The van der Waals surface area contributed by atoms with Gasteiger partial charge in [0.15, 0.2) is 17.0 Å². The molecular weight excluding hydrogens is 166 g/mol. The quantitative estimate of drug-likeness (QED) is 0.689. The molecule has 5 heteroatoms. The smallest absolute Gasteiger partial charge is 0.165 e. The molecule has 0 aliphatic heterocycles. The Morgan fingerprint density at radius 3 is 2.85 bits per heavy atom. The topological polar surface area (TPSA) is 69.6 Å². The zero-order valence-corrected chi connectivity index (χ0v) is 7.65. The van der Waals surface area contributed by atoms with Crippen LogP contribution in [0.25, 0.3) is 11.2 Å². The number of imidazole rings is 1. The molecule has 13 heavy (non-hydrogen) atoms. The van der Waals surface area contributed by atoms with Crippen LogP contribution in [0.2, 0.25) is 0 Å². The number of hydrogen-bond acceptors (Lipinski definition) is 4. The summed E-state index contributed by atoms with van der Waals surface area (Å²) >= 11 is 0. The van der Waals surface area contributed by atoms with Crippen LogP contribution in [-0.2, 0) is 13.5 Å². The van der Waals surface area contributed by atoms with Gasteiger partial charge in [-0.15, -0.1) is 0 Å². The molecule has 2 heterocycles. The fourth-order valence-electron chi connectivity index (χ4n) is 1.38. The number of hydrogen-bond donors (Lipinski definition) is 1. The summed E-state index contributed by atoms with van der Waals surface area (Å²) in [5.41, 5.74) is 7.16. The molecule has 0 unspecified atom stereocenters. The Morgan fingerprint density at radius 2 is 2.23 bits per heavy atom. The molecule has 0 spiro atoms. The summed E-state index contributed by atoms with van der Waals surface area (Å²) in [5, 5.41) is 0. The van der Waals surface area contributed by atoms with E-state index in [0.29, 0.717) is 11.3 Å². The number of fused-ring (bicyclic) bond motifs is 1. The van der Waals surface area contributed by atoms with E-state index in [-0.39, 0.29) is 0 Å². The zero-order chi connectivity index (χ0) is 9.42. The number of nitrogen functional groups attached to an aromatic ring is 1. The second-order valence-corrected chi connectivity index (χ2v) is 2.87. The van der Waals surface area contributed by atoms with Crippen molar-refractivity contribution in [1.82, 2.24) is 19.5 Å². The summed E-state index contributed by atoms with van der Waals surface area (Å²) in [7, 11) is 1.93. The summed E-state index contributed by atoms with van der Waals surface area (Å²) in [4.78, 5) is 12.3. The van der Waals surface area contributed by atoms with Gasteiger partial charge in [0.2, 0.25) is 0 Å². The van der Waals surface area contributed by atoms with E-state index in [1.54, 1.807) is 0 Å². The van der Waals surface area contributed by atoms with Gasteiger partial charge in [0.05, 0.1) is 0 Å². The second-order valence-electron chi connectivity index (χ2n) is 2.87. The lowest BCUT2D eigenvalue weighted by atomic mass is 10.5. The fourth-order valence-corrected chi connectivity index (χ4v) is 1.38. The minimum absolute atomic E-state index is 0.445. The van der Waals surface area contributed by atoms with Crippen LogP contribution >= 0.6 is 0 Å². The lowest BCUT2D eigenvalue weighted by Gasteiger charge is -1.96. The van der Waals surface area contributed by atoms with Crippen molar-refractivity contribution in [2.45, 2.75) is 13.3 Å². The summed E-state index contributed by atoms with van der Waals surface area (Å²) in [6.45, 7) is 2.05. The van der Waals surface area contributed by atoms with Crippen LogP contribution in [-0.4, -0.2) is 19.5 Å². The molecule has 2 aromatic heterocycles. The van der Waals surface area contributed by atoms with Gasteiger partial charge in [-0.05, 0) is 0 Å². The second kappa shape index (κ2) is 2.69. The highest BCUT2D eigenvalue weighted by Gasteiger charge is 2.09. The Kier molecular flexibility index (Phi) is 1.65. The Bertz CT molecular complexity index is 445. The van der Waals surface area contributed by atoms with Crippen LogP contribution in [0.1, 0.15) is 12.7 Å². The minimum Gasteiger partial charge on any atom is -0.382 e. The molecule has 2 aromatic rings. The van der Waals surface area contributed by atoms with Crippen molar-refractivity contribution in [3.05, 3.63) is 12.2 Å². The summed E-state index contributed by atoms with van der Waals surface area (Å²) < 4.78 is 1.94. The number of nitrogens with two attached hydrogens (primary N) is 1. The van der Waals surface area contributed by atoms with E-state index in [1.165, 1.54) is 6.33 Å². The lowest BCUT2D eigenvalue weighted by molar-refractivity contribution is 0.820. The van der Waals surface area contributed by atoms with Crippen molar-refractivity contribution in [3.63, 3.8) is 0 Å². The van der Waals surface area contributed by atoms with Crippen LogP contribution in [0.5, 0.6) is 0 Å². The van der Waals surface area contributed by atoms with Gasteiger partial charge in [-0.2, -0.15) is 0 Å². The molecule has 0 aromatic carbocycles. The first kappa shape index (κ1) is 7.97. The van der Waals surface area contributed by atoms with Crippen molar-refractivity contribution in [1.29, 1.82) is 0 Å². The maximum atomic E-state index is 5.67. The van der Waals surface area contributed by atoms with Crippen LogP contribution in [0.3, 0.4) is 0 Å². The van der Waals surface area contributed by atoms with E-state index in [1.807, 2.05) is 18.5 Å². The highest BCUT2D eigenvalue weighted by molar-refractivity contribution is 5.81. The molecule has 0 bridgehead atoms. The number of nitrogens with zero attached hydrogens (tertiary/aromatic N) is 4. The minimum atomic E-state index is 0.445. The predicted octanol–water partition coefficient (Wildman–Crippen LogP) is 0.508. The molecule has 2 rings (SSSR count). The largest absolute Gasteiger partial charge is 0.382 e. The van der Waals surface area contributed by atoms with Gasteiger partial charge in [0, 0.05) is 13.5 Å². The predicted molar refractivity (Wildman–Crippen MR) is 50.1 cm³/mol. The van der Waals surface area contributed by atoms with Gasteiger partial charge >= 0.3 is 0 Å². The Morgan fingerprint density at radius 1 is 1.46 bits per heavy atom. The maximum absolute atomic E-state index is 5.67. The average Bonchev–Trinajstić information content (AvgIpc) is 2.45. The van der Waals surface area contributed by atoms with Gasteiger partial charge in [0.25, 0.3) is 0 Å². The van der Waals surface area contributed by atoms with Crippen molar-refractivity contribution in [2.75, 3.05) is 5.73 Å². The molecule has 0 aliphatic carbocycles. The van der Waals surface area contributed by atoms with Crippen molar-refractivity contribution in [3.8, 4) is 0 Å². The van der Waals surface area contributed by atoms with Crippen LogP contribution < -0.4 is 5.73 Å². The number of rotatable bonds is 1. The molecule has 2 N–H and O–H groups in total. The summed E-state index contributed by atoms with van der Waals surface area (Å²) in [5.74, 6) is 1.42. The monoisotopic (exact) mass is 177 g/mol. The first-order valence-electron chi connectivity index (χ1n) is 4.15. The molecule has 0 radical (unpaired) electrons. The molecular formula is C8H11N5. The highest BCUT2D eigenvalue weighted by atomic mass is 15.1. The van der Waals surface area contributed by atoms with Crippen molar-refractivity contribution < 1.29 is 0 Å². The van der Waals surface area contributed by atoms with Crippen LogP contribution in [0.4, 0.5) is 5.82 Å². The first-order chi connectivity index (χ1) is 6.24. The standard InChI is InChI=1S/C8H11N5/c1-3-5-12-6-7(9)10-4-11-8(6)13(5)2/h4H,3H2,1-2H3,(H2,9,10,11). The Balaban J connectivity index is 2.83. The lowest BCUT2D eigenvalue weighted by Crippen LogP contribution is -1.96. The van der Waals surface area contributed by atoms with Gasteiger partial charge < -0.3 is 10.3 Å². The molecule has 0 fully saturated rings. The molecule has 68 valence electrons. The third kappa shape index (κ3) is 1.04. The SMILES string of the molecule is CCc1nc2c(N)ncnc2n1C. The van der Waals surface area contributed by atoms with E-state index < -0.39 is 0 Å². The molecule has 0 amide bonds. The van der Waals surface area contributed by atoms with E-state index in [4.69, 9.17) is 5.73 Å². The molecule has 0 atom stereocenters. The molecule has 0 aliphatic rings. The van der Waals surface area contributed by atoms with Crippen molar-refractivity contribution in [2.24, 2.45) is 7.05 Å². The third-order valence-electron chi connectivity index (χ3n) is 2.09. The number of aromatic nitrogens is 4. The van der Waals surface area contributed by atoms with Crippen LogP contribution in [0.15, 0.2) is 6.33 Å². The van der Waals surface area contributed by atoms with Crippen molar-refractivity contribution >= 4 is 17.0 Å². The van der Waals surface area contributed by atoms with E-state index in [9.17, 15) is 0 Å². The summed E-state index contributed by atoms with van der Waals surface area (Å²) in [6, 6.07) is 0. The summed E-state index contributed by atoms with van der Waals surface area (Å²) in [6.07, 6.45) is 2.32. The Labute approximate surface area is 75.6 Å². The third-order valence-corrected chi connectivity index (χ3v) is 2.09. The molecule has 0 saturated heterocycles. The van der Waals surface area contributed by atoms with E-state index in [0.717, 1.165) is 17.9 Å². The number of anilines is 1. The van der Waals surface area contributed by atoms with Gasteiger partial charge in [-0.1, -0.05) is 6.92 Å². The Hall–Kier alpha value is -1.65. The van der Waals surface area contributed by atoms with Gasteiger partial charge in [-0.3, -0.25) is 0 Å². The highest BCUT2D eigenvalue weighted by Crippen LogP contribution is 2.16. The average molecular weight is 177 g/mol. The number of aryl methyl sites for hydroxylation is 2. The van der Waals surface area contributed by atoms with Crippen LogP contribution in [0, 0.1) is 0 Å². The normalized spacial score (nSPS) is 10.9. The maximum Gasteiger partial charge on any atom is 0.165 e. The van der Waals surface area contributed by atoms with Gasteiger partial charge in [0.1, 0.15) is 12.2 Å². The van der Waals surface area contributed by atoms with E-state index >= 15 is 0 Å². The first-order valence-corrected chi connectivity index (χ1v) is 4.15. The molecule has 5 nitrogen and oxygen atoms in total. The zero-order valence-electron chi connectivity index (χ0n) is 7.65. The fraction of sp³-hybridized carbons (Fsp3) is 0.375. The van der Waals surface area contributed by atoms with Gasteiger partial charge in [-0.25, -0.2) is 15.0 Å². The van der Waals surface area contributed by atoms with E-state index in [2.05, 4.69) is 15.0 Å².